The first kappa shape index (κ1) is 12.0. The monoisotopic (exact) mass is 196 g/mol. The molecule has 0 unspecified atom stereocenters. The Kier molecular flexibility index (Phi) is 4.50. The first-order valence-electron chi connectivity index (χ1n) is 4.17. The minimum atomic E-state index is -1.34. The van der Waals surface area contributed by atoms with Gasteiger partial charge in [0.2, 0.25) is 0 Å². The van der Waals surface area contributed by atoms with Gasteiger partial charge in [-0.05, 0) is 6.92 Å². The van der Waals surface area contributed by atoms with Gasteiger partial charge in [-0.2, -0.15) is 0 Å². The van der Waals surface area contributed by atoms with Gasteiger partial charge in [0.15, 0.2) is 6.61 Å². The van der Waals surface area contributed by atoms with E-state index in [9.17, 15) is 4.79 Å². The molecular weight excluding hydrogens is 180 g/mol. The fraction of sp³-hybridized carbons (Fsp3) is 0.500. The number of carbonyl (C=O) groups is 1. The molecule has 0 fully saturated rings. The minimum absolute atomic E-state index is 0.0513. The summed E-state index contributed by atoms with van der Waals surface area (Å²) in [5.74, 6) is 1.95. The fourth-order valence-electron chi connectivity index (χ4n) is 0.929. The largest absolute Gasteiger partial charge is 0.449 e. The van der Waals surface area contributed by atoms with E-state index in [1.54, 1.807) is 6.92 Å². The minimum Gasteiger partial charge on any atom is -0.449 e. The molecule has 0 amide bonds. The highest BCUT2D eigenvalue weighted by Crippen LogP contribution is 2.07. The van der Waals surface area contributed by atoms with Crippen molar-refractivity contribution in [3.05, 3.63) is 11.3 Å². The number of terminal acetylenes is 1. The fourth-order valence-corrected chi connectivity index (χ4v) is 2.35. The summed E-state index contributed by atoms with van der Waals surface area (Å²) >= 11 is 0. The first-order valence-corrected chi connectivity index (χ1v) is 7.74. The lowest BCUT2D eigenvalue weighted by atomic mass is 10.4. The summed E-state index contributed by atoms with van der Waals surface area (Å²) in [6.07, 6.45) is 4.97. The summed E-state index contributed by atoms with van der Waals surface area (Å²) in [5, 5.41) is 0. The number of carbonyl (C=O) groups excluding carboxylic acids is 1. The molecule has 2 nitrogen and oxygen atoms in total. The Morgan fingerprint density at radius 1 is 1.54 bits per heavy atom. The molecule has 0 spiro atoms. The number of esters is 1. The average molecular weight is 196 g/mol. The molecule has 0 rings (SSSR count). The Morgan fingerprint density at radius 2 is 2.08 bits per heavy atom. The van der Waals surface area contributed by atoms with Crippen LogP contribution in [0.15, 0.2) is 11.3 Å². The molecule has 0 atom stereocenters. The Balaban J connectivity index is 4.27. The molecule has 0 aliphatic heterocycles. The number of hydrogen-bond acceptors (Lipinski definition) is 2. The van der Waals surface area contributed by atoms with Gasteiger partial charge < -0.3 is 4.74 Å². The standard InChI is InChI=1S/C10H16O2Si/c1-6-7-12-10(11)9(2)8-13(3,4)5/h1,8H,7H2,2-5H3/b9-8+. The van der Waals surface area contributed by atoms with E-state index in [-0.39, 0.29) is 12.6 Å². The van der Waals surface area contributed by atoms with E-state index in [4.69, 9.17) is 11.2 Å². The number of hydrogen-bond donors (Lipinski definition) is 0. The van der Waals surface area contributed by atoms with Crippen molar-refractivity contribution < 1.29 is 9.53 Å². The summed E-state index contributed by atoms with van der Waals surface area (Å²) in [5.41, 5.74) is 2.67. The van der Waals surface area contributed by atoms with Gasteiger partial charge in [0.25, 0.3) is 0 Å². The molecule has 0 aromatic heterocycles. The van der Waals surface area contributed by atoms with Crippen molar-refractivity contribution in [2.45, 2.75) is 26.6 Å². The molecule has 0 aromatic rings. The third-order valence-corrected chi connectivity index (χ3v) is 2.56. The van der Waals surface area contributed by atoms with E-state index < -0.39 is 8.07 Å². The summed E-state index contributed by atoms with van der Waals surface area (Å²) in [4.78, 5) is 11.2. The van der Waals surface area contributed by atoms with Gasteiger partial charge in [-0.25, -0.2) is 4.79 Å². The normalized spacial score (nSPS) is 12.1. The summed E-state index contributed by atoms with van der Waals surface area (Å²) in [7, 11) is -1.34. The van der Waals surface area contributed by atoms with E-state index in [0.717, 1.165) is 0 Å². The average Bonchev–Trinajstić information content (AvgIpc) is 1.96. The molecule has 13 heavy (non-hydrogen) atoms. The lowest BCUT2D eigenvalue weighted by molar-refractivity contribution is -0.137. The molecule has 0 radical (unpaired) electrons. The molecule has 0 saturated heterocycles. The Morgan fingerprint density at radius 3 is 2.46 bits per heavy atom. The number of rotatable bonds is 3. The molecule has 0 aromatic carbocycles. The van der Waals surface area contributed by atoms with Crippen LogP contribution in [0.4, 0.5) is 0 Å². The number of ether oxygens (including phenoxy) is 1. The second-order valence-corrected chi connectivity index (χ2v) is 8.99. The zero-order chi connectivity index (χ0) is 10.5. The van der Waals surface area contributed by atoms with Crippen molar-refractivity contribution in [3.63, 3.8) is 0 Å². The van der Waals surface area contributed by atoms with Gasteiger partial charge in [0, 0.05) is 5.57 Å². The van der Waals surface area contributed by atoms with Crippen molar-refractivity contribution in [1.29, 1.82) is 0 Å². The van der Waals surface area contributed by atoms with Crippen LogP contribution in [0.3, 0.4) is 0 Å². The smallest absolute Gasteiger partial charge is 0.333 e. The van der Waals surface area contributed by atoms with E-state index in [1.807, 2.05) is 5.70 Å². The van der Waals surface area contributed by atoms with E-state index >= 15 is 0 Å². The third-order valence-electron chi connectivity index (χ3n) is 1.26. The van der Waals surface area contributed by atoms with Crippen LogP contribution in [0.1, 0.15) is 6.92 Å². The van der Waals surface area contributed by atoms with E-state index in [1.165, 1.54) is 0 Å². The second kappa shape index (κ2) is 4.88. The predicted molar refractivity (Wildman–Crippen MR) is 56.9 cm³/mol. The van der Waals surface area contributed by atoms with Crippen LogP contribution in [-0.2, 0) is 9.53 Å². The predicted octanol–water partition coefficient (Wildman–Crippen LogP) is 1.99. The van der Waals surface area contributed by atoms with Gasteiger partial charge in [-0.3, -0.25) is 0 Å². The van der Waals surface area contributed by atoms with Gasteiger partial charge in [0.05, 0.1) is 8.07 Å². The summed E-state index contributed by atoms with van der Waals surface area (Å²) < 4.78 is 4.78. The topological polar surface area (TPSA) is 26.3 Å². The maximum absolute atomic E-state index is 11.2. The van der Waals surface area contributed by atoms with Crippen LogP contribution in [0.2, 0.25) is 19.6 Å². The van der Waals surface area contributed by atoms with Crippen molar-refractivity contribution >= 4 is 14.0 Å². The van der Waals surface area contributed by atoms with E-state index in [2.05, 4.69) is 25.6 Å². The molecular formula is C10H16O2Si. The molecule has 0 bridgehead atoms. The molecule has 0 aliphatic carbocycles. The lowest BCUT2D eigenvalue weighted by Gasteiger charge is -2.10. The van der Waals surface area contributed by atoms with Crippen LogP contribution in [0, 0.1) is 12.3 Å². The first-order chi connectivity index (χ1) is 5.87. The van der Waals surface area contributed by atoms with Crippen LogP contribution >= 0.6 is 0 Å². The van der Waals surface area contributed by atoms with Gasteiger partial charge in [0.1, 0.15) is 0 Å². The van der Waals surface area contributed by atoms with Crippen LogP contribution in [0.5, 0.6) is 0 Å². The lowest BCUT2D eigenvalue weighted by Crippen LogP contribution is -2.19. The van der Waals surface area contributed by atoms with E-state index in [0.29, 0.717) is 5.57 Å². The second-order valence-electron chi connectivity index (χ2n) is 3.97. The highest BCUT2D eigenvalue weighted by Gasteiger charge is 2.13. The molecule has 0 N–H and O–H groups in total. The summed E-state index contributed by atoms with van der Waals surface area (Å²) in [6.45, 7) is 8.29. The zero-order valence-electron chi connectivity index (χ0n) is 8.68. The van der Waals surface area contributed by atoms with Gasteiger partial charge in [-0.1, -0.05) is 31.3 Å². The van der Waals surface area contributed by atoms with Crippen molar-refractivity contribution in [2.24, 2.45) is 0 Å². The van der Waals surface area contributed by atoms with Crippen molar-refractivity contribution in [3.8, 4) is 12.3 Å². The highest BCUT2D eigenvalue weighted by molar-refractivity contribution is 6.81. The van der Waals surface area contributed by atoms with Gasteiger partial charge >= 0.3 is 5.97 Å². The van der Waals surface area contributed by atoms with Crippen molar-refractivity contribution in [1.82, 2.24) is 0 Å². The van der Waals surface area contributed by atoms with Gasteiger partial charge in [-0.15, -0.1) is 6.42 Å². The van der Waals surface area contributed by atoms with Crippen LogP contribution in [0.25, 0.3) is 0 Å². The Hall–Kier alpha value is -1.01. The maximum atomic E-state index is 11.2. The molecule has 72 valence electrons. The van der Waals surface area contributed by atoms with Crippen LogP contribution in [-0.4, -0.2) is 20.7 Å². The molecule has 0 aliphatic rings. The van der Waals surface area contributed by atoms with Crippen molar-refractivity contribution in [2.75, 3.05) is 6.61 Å². The molecule has 3 heteroatoms. The summed E-state index contributed by atoms with van der Waals surface area (Å²) in [6, 6.07) is 0. The molecule has 0 saturated carbocycles. The third kappa shape index (κ3) is 6.18. The zero-order valence-corrected chi connectivity index (χ0v) is 9.68. The Labute approximate surface area is 81.0 Å². The SMILES string of the molecule is C#CCOC(=O)/C(C)=C/[Si](C)(C)C. The Bertz CT molecular complexity index is 253. The quantitative estimate of drug-likeness (QED) is 0.299. The highest BCUT2D eigenvalue weighted by atomic mass is 28.3. The van der Waals surface area contributed by atoms with Crippen LogP contribution < -0.4 is 0 Å². The molecule has 0 heterocycles. The maximum Gasteiger partial charge on any atom is 0.333 e.